The number of alkyl carbamates (subject to hydrolysis) is 1. The standard InChI is InChI=1S/C34H42ClFN4O6/c1-34(2,23-11-7-12-24(35)19-23)29(21-10-6-13-25(36)17-21)46-33(45)40-27(16-20-8-4-3-5-9-20)32(44)39-26(28(41)30(37)42)18-22-14-15-38-31(22)43/h6-7,10-13,17,19-20,22,26-27,29H,3-5,8-9,14-16,18H2,1-2H3,(H2,37,42)(H,38,43)(H,39,44)(H,40,45)/t22-,26-,27-,29?/m0/s1. The molecule has 1 aliphatic carbocycles. The van der Waals surface area contributed by atoms with Crippen molar-refractivity contribution in [3.8, 4) is 0 Å². The lowest BCUT2D eigenvalue weighted by Gasteiger charge is -2.35. The molecule has 0 radical (unpaired) electrons. The van der Waals surface area contributed by atoms with Crippen LogP contribution in [0.1, 0.15) is 82.4 Å². The van der Waals surface area contributed by atoms with Crippen LogP contribution in [0.5, 0.6) is 0 Å². The zero-order valence-electron chi connectivity index (χ0n) is 26.2. The van der Waals surface area contributed by atoms with Crippen LogP contribution in [0.4, 0.5) is 9.18 Å². The van der Waals surface area contributed by atoms with E-state index in [9.17, 15) is 28.4 Å². The van der Waals surface area contributed by atoms with E-state index in [0.717, 1.165) is 37.7 Å². The number of carbonyl (C=O) groups is 5. The van der Waals surface area contributed by atoms with Crippen LogP contribution in [0.2, 0.25) is 5.02 Å². The first-order valence-corrected chi connectivity index (χ1v) is 16.1. The molecule has 2 aromatic rings. The summed E-state index contributed by atoms with van der Waals surface area (Å²) in [5.74, 6) is -4.20. The van der Waals surface area contributed by atoms with Gasteiger partial charge >= 0.3 is 6.09 Å². The number of nitrogens with two attached hydrogens (primary N) is 1. The van der Waals surface area contributed by atoms with Gasteiger partial charge in [-0.1, -0.05) is 81.8 Å². The van der Waals surface area contributed by atoms with E-state index in [1.165, 1.54) is 18.2 Å². The van der Waals surface area contributed by atoms with Gasteiger partial charge in [-0.2, -0.15) is 0 Å². The number of benzene rings is 2. The third-order valence-electron chi connectivity index (χ3n) is 9.06. The molecule has 2 aliphatic rings. The fraction of sp³-hybridized carbons (Fsp3) is 0.500. The molecule has 12 heteroatoms. The van der Waals surface area contributed by atoms with E-state index in [0.29, 0.717) is 23.6 Å². The highest BCUT2D eigenvalue weighted by Gasteiger charge is 2.39. The van der Waals surface area contributed by atoms with Gasteiger partial charge in [-0.05, 0) is 60.6 Å². The number of primary amides is 1. The highest BCUT2D eigenvalue weighted by atomic mass is 35.5. The molecule has 1 saturated carbocycles. The Balaban J connectivity index is 1.59. The summed E-state index contributed by atoms with van der Waals surface area (Å²) in [4.78, 5) is 64.2. The quantitative estimate of drug-likeness (QED) is 0.230. The average molecular weight is 657 g/mol. The van der Waals surface area contributed by atoms with Gasteiger partial charge in [-0.15, -0.1) is 0 Å². The molecule has 0 spiro atoms. The molecule has 0 aromatic heterocycles. The van der Waals surface area contributed by atoms with Gasteiger partial charge in [-0.3, -0.25) is 19.2 Å². The molecule has 46 heavy (non-hydrogen) atoms. The number of carbonyl (C=O) groups excluding carboxylic acids is 5. The molecule has 10 nitrogen and oxygen atoms in total. The summed E-state index contributed by atoms with van der Waals surface area (Å²) in [5, 5.41) is 8.44. The lowest BCUT2D eigenvalue weighted by molar-refractivity contribution is -0.139. The van der Waals surface area contributed by atoms with Crippen molar-refractivity contribution in [2.75, 3.05) is 6.54 Å². The van der Waals surface area contributed by atoms with Crippen LogP contribution >= 0.6 is 11.6 Å². The number of hydrogen-bond acceptors (Lipinski definition) is 6. The lowest BCUT2D eigenvalue weighted by Crippen LogP contribution is -2.54. The number of nitrogens with one attached hydrogen (secondary N) is 3. The van der Waals surface area contributed by atoms with E-state index in [2.05, 4.69) is 16.0 Å². The van der Waals surface area contributed by atoms with Crippen molar-refractivity contribution in [2.45, 2.75) is 88.8 Å². The first-order chi connectivity index (χ1) is 21.8. The van der Waals surface area contributed by atoms with Crippen molar-refractivity contribution in [3.05, 3.63) is 70.5 Å². The molecule has 5 N–H and O–H groups in total. The van der Waals surface area contributed by atoms with Gasteiger partial charge in [0.05, 0.1) is 6.04 Å². The van der Waals surface area contributed by atoms with Gasteiger partial charge in [0.1, 0.15) is 18.0 Å². The van der Waals surface area contributed by atoms with Crippen LogP contribution in [0.15, 0.2) is 48.5 Å². The molecule has 1 saturated heterocycles. The van der Waals surface area contributed by atoms with Gasteiger partial charge in [-0.25, -0.2) is 9.18 Å². The Bertz CT molecular complexity index is 1450. The minimum Gasteiger partial charge on any atom is -0.440 e. The molecule has 4 amide bonds. The number of halogens is 2. The SMILES string of the molecule is CC(C)(c1cccc(Cl)c1)C(OC(=O)N[C@@H](CC1CCCCC1)C(=O)N[C@@H](C[C@@H]1CCNC1=O)C(=O)C(N)=O)c1cccc(F)c1. The van der Waals surface area contributed by atoms with Gasteiger partial charge in [0.25, 0.3) is 5.91 Å². The Morgan fingerprint density at radius 2 is 1.72 bits per heavy atom. The monoisotopic (exact) mass is 656 g/mol. The maximum Gasteiger partial charge on any atom is 0.408 e. The Labute approximate surface area is 273 Å². The summed E-state index contributed by atoms with van der Waals surface area (Å²) in [5.41, 5.74) is 5.53. The Morgan fingerprint density at radius 3 is 2.35 bits per heavy atom. The molecular weight excluding hydrogens is 615 g/mol. The van der Waals surface area contributed by atoms with Crippen molar-refractivity contribution in [1.82, 2.24) is 16.0 Å². The molecule has 4 atom stereocenters. The van der Waals surface area contributed by atoms with Crippen molar-refractivity contribution in [1.29, 1.82) is 0 Å². The van der Waals surface area contributed by atoms with Crippen LogP contribution in [0.3, 0.4) is 0 Å². The number of hydrogen-bond donors (Lipinski definition) is 4. The minimum atomic E-state index is -1.34. The van der Waals surface area contributed by atoms with E-state index < -0.39 is 59.0 Å². The maximum absolute atomic E-state index is 14.4. The smallest absolute Gasteiger partial charge is 0.408 e. The normalized spacial score (nSPS) is 19.0. The number of Topliss-reactive ketones (excluding diaryl/α,β-unsaturated/α-hetero) is 1. The second-order valence-electron chi connectivity index (χ2n) is 12.8. The van der Waals surface area contributed by atoms with E-state index >= 15 is 0 Å². The number of rotatable bonds is 13. The van der Waals surface area contributed by atoms with Crippen molar-refractivity contribution >= 4 is 41.2 Å². The molecule has 4 rings (SSSR count). The summed E-state index contributed by atoms with van der Waals surface area (Å²) in [7, 11) is 0. The van der Waals surface area contributed by atoms with Gasteiger partial charge in [0.2, 0.25) is 17.6 Å². The van der Waals surface area contributed by atoms with E-state index in [-0.39, 0.29) is 24.7 Å². The van der Waals surface area contributed by atoms with Crippen LogP contribution in [0, 0.1) is 17.7 Å². The highest BCUT2D eigenvalue weighted by Crippen LogP contribution is 2.40. The summed E-state index contributed by atoms with van der Waals surface area (Å²) in [6.45, 7) is 4.10. The zero-order valence-corrected chi connectivity index (χ0v) is 26.9. The second-order valence-corrected chi connectivity index (χ2v) is 13.2. The van der Waals surface area contributed by atoms with Crippen LogP contribution in [-0.2, 0) is 29.3 Å². The van der Waals surface area contributed by atoms with Crippen LogP contribution < -0.4 is 21.7 Å². The predicted molar refractivity (Wildman–Crippen MR) is 170 cm³/mol. The number of ketones is 1. The molecule has 248 valence electrons. The Kier molecular flexibility index (Phi) is 11.8. The molecule has 2 aromatic carbocycles. The largest absolute Gasteiger partial charge is 0.440 e. The molecular formula is C34H42ClFN4O6. The van der Waals surface area contributed by atoms with E-state index in [1.807, 2.05) is 19.9 Å². The van der Waals surface area contributed by atoms with Crippen LogP contribution in [0.25, 0.3) is 0 Å². The number of amides is 4. The van der Waals surface area contributed by atoms with Crippen molar-refractivity contribution in [2.24, 2.45) is 17.6 Å². The topological polar surface area (TPSA) is 157 Å². The maximum atomic E-state index is 14.4. The first-order valence-electron chi connectivity index (χ1n) is 15.8. The third kappa shape index (κ3) is 9.05. The number of ether oxygens (including phenoxy) is 1. The van der Waals surface area contributed by atoms with Crippen molar-refractivity contribution in [3.63, 3.8) is 0 Å². The molecule has 1 unspecified atom stereocenters. The summed E-state index contributed by atoms with van der Waals surface area (Å²) < 4.78 is 20.4. The van der Waals surface area contributed by atoms with Gasteiger partial charge in [0, 0.05) is 22.9 Å². The van der Waals surface area contributed by atoms with E-state index in [1.54, 1.807) is 24.3 Å². The average Bonchev–Trinajstić information content (AvgIpc) is 3.42. The molecule has 1 aliphatic heterocycles. The third-order valence-corrected chi connectivity index (χ3v) is 9.30. The summed E-state index contributed by atoms with van der Waals surface area (Å²) in [6.07, 6.45) is 3.46. The fourth-order valence-electron chi connectivity index (χ4n) is 6.44. The second kappa shape index (κ2) is 15.5. The van der Waals surface area contributed by atoms with E-state index in [4.69, 9.17) is 22.1 Å². The first kappa shape index (κ1) is 34.9. The lowest BCUT2D eigenvalue weighted by atomic mass is 9.76. The fourth-order valence-corrected chi connectivity index (χ4v) is 6.63. The van der Waals surface area contributed by atoms with Crippen LogP contribution in [-0.4, -0.2) is 48.2 Å². The predicted octanol–water partition coefficient (Wildman–Crippen LogP) is 4.63. The minimum absolute atomic E-state index is 0.102. The molecule has 1 heterocycles. The zero-order chi connectivity index (χ0) is 33.4. The Morgan fingerprint density at radius 1 is 1.00 bits per heavy atom. The highest BCUT2D eigenvalue weighted by molar-refractivity contribution is 6.38. The summed E-state index contributed by atoms with van der Waals surface area (Å²) >= 11 is 6.27. The molecule has 0 bridgehead atoms. The summed E-state index contributed by atoms with van der Waals surface area (Å²) in [6, 6.07) is 10.3. The Hall–Kier alpha value is -3.99. The van der Waals surface area contributed by atoms with Gasteiger partial charge in [0.15, 0.2) is 0 Å². The van der Waals surface area contributed by atoms with Gasteiger partial charge < -0.3 is 26.4 Å². The molecule has 2 fully saturated rings. The van der Waals surface area contributed by atoms with Crippen molar-refractivity contribution < 1.29 is 33.1 Å².